The number of oxazole rings is 1. The first-order valence-electron chi connectivity index (χ1n) is 6.76. The molecule has 4 nitrogen and oxygen atoms in total. The van der Waals surface area contributed by atoms with Crippen molar-refractivity contribution in [2.45, 2.75) is 32.1 Å². The largest absolute Gasteiger partial charge is 0.481 e. The molecule has 1 aromatic carbocycles. The second kappa shape index (κ2) is 6.37. The molecule has 2 atom stereocenters. The highest BCUT2D eigenvalue weighted by atomic mass is 16.4. The second-order valence-corrected chi connectivity index (χ2v) is 5.26. The van der Waals surface area contributed by atoms with E-state index < -0.39 is 11.9 Å². The van der Waals surface area contributed by atoms with Gasteiger partial charge in [0, 0.05) is 0 Å². The molecule has 1 aromatic heterocycles. The number of aromatic nitrogens is 1. The first-order chi connectivity index (χ1) is 9.59. The fourth-order valence-electron chi connectivity index (χ4n) is 2.46. The number of hydrogen-bond acceptors (Lipinski definition) is 3. The van der Waals surface area contributed by atoms with Crippen molar-refractivity contribution in [3.8, 4) is 0 Å². The maximum Gasteiger partial charge on any atom is 0.315 e. The van der Waals surface area contributed by atoms with Gasteiger partial charge >= 0.3 is 5.97 Å². The molecule has 0 bridgehead atoms. The van der Waals surface area contributed by atoms with E-state index in [1.807, 2.05) is 30.3 Å². The minimum absolute atomic E-state index is 0.157. The summed E-state index contributed by atoms with van der Waals surface area (Å²) in [6.45, 7) is 4.21. The normalized spacial score (nSPS) is 14.2. The lowest BCUT2D eigenvalue weighted by Gasteiger charge is -2.23. The van der Waals surface area contributed by atoms with Crippen LogP contribution in [0.1, 0.15) is 43.6 Å². The Bertz CT molecular complexity index is 534. The lowest BCUT2D eigenvalue weighted by atomic mass is 9.81. The molecule has 1 heterocycles. The summed E-state index contributed by atoms with van der Waals surface area (Å²) in [7, 11) is 0. The average Bonchev–Trinajstić information content (AvgIpc) is 2.93. The van der Waals surface area contributed by atoms with Gasteiger partial charge in [0.15, 0.2) is 0 Å². The van der Waals surface area contributed by atoms with E-state index in [0.29, 0.717) is 12.3 Å². The van der Waals surface area contributed by atoms with E-state index in [9.17, 15) is 9.90 Å². The van der Waals surface area contributed by atoms with Gasteiger partial charge in [-0.2, -0.15) is 0 Å². The third-order valence-electron chi connectivity index (χ3n) is 3.57. The molecule has 0 aliphatic heterocycles. The van der Waals surface area contributed by atoms with Crippen LogP contribution in [-0.2, 0) is 4.79 Å². The number of carboxylic acids is 1. The summed E-state index contributed by atoms with van der Waals surface area (Å²) >= 11 is 0. The van der Waals surface area contributed by atoms with Gasteiger partial charge in [0.2, 0.25) is 5.89 Å². The van der Waals surface area contributed by atoms with Crippen LogP contribution in [0.5, 0.6) is 0 Å². The molecule has 4 heteroatoms. The Kier molecular flexibility index (Phi) is 4.56. The van der Waals surface area contributed by atoms with Crippen molar-refractivity contribution in [1.82, 2.24) is 4.98 Å². The summed E-state index contributed by atoms with van der Waals surface area (Å²) in [5, 5.41) is 9.42. The highest BCUT2D eigenvalue weighted by molar-refractivity contribution is 5.74. The van der Waals surface area contributed by atoms with E-state index in [1.54, 1.807) is 0 Å². The molecule has 1 N–H and O–H groups in total. The Balaban J connectivity index is 2.25. The predicted octanol–water partition coefficient (Wildman–Crippen LogP) is 3.67. The zero-order valence-corrected chi connectivity index (χ0v) is 11.7. The van der Waals surface area contributed by atoms with Crippen LogP contribution in [0.2, 0.25) is 0 Å². The first-order valence-corrected chi connectivity index (χ1v) is 6.76. The molecular weight excluding hydrogens is 254 g/mol. The molecule has 0 fully saturated rings. The van der Waals surface area contributed by atoms with Crippen LogP contribution in [0.3, 0.4) is 0 Å². The van der Waals surface area contributed by atoms with E-state index in [2.05, 4.69) is 18.8 Å². The maximum absolute atomic E-state index is 11.5. The van der Waals surface area contributed by atoms with Crippen molar-refractivity contribution >= 4 is 5.97 Å². The van der Waals surface area contributed by atoms with Gasteiger partial charge in [-0.3, -0.25) is 4.79 Å². The molecule has 2 aromatic rings. The minimum atomic E-state index is -0.894. The summed E-state index contributed by atoms with van der Waals surface area (Å²) < 4.78 is 5.18. The van der Waals surface area contributed by atoms with Crippen LogP contribution in [0, 0.1) is 5.92 Å². The highest BCUT2D eigenvalue weighted by Crippen LogP contribution is 2.34. The van der Waals surface area contributed by atoms with E-state index in [1.165, 1.54) is 12.5 Å². The number of aliphatic carboxylic acids is 1. The zero-order chi connectivity index (χ0) is 14.5. The van der Waals surface area contributed by atoms with Gasteiger partial charge in [0.1, 0.15) is 12.2 Å². The number of carbonyl (C=O) groups is 1. The van der Waals surface area contributed by atoms with Crippen molar-refractivity contribution in [2.75, 3.05) is 0 Å². The molecule has 0 aliphatic rings. The van der Waals surface area contributed by atoms with Gasteiger partial charge in [-0.15, -0.1) is 0 Å². The fraction of sp³-hybridized carbons (Fsp3) is 0.375. The smallest absolute Gasteiger partial charge is 0.315 e. The van der Waals surface area contributed by atoms with Crippen LogP contribution in [0.25, 0.3) is 0 Å². The van der Waals surface area contributed by atoms with E-state index in [-0.39, 0.29) is 11.8 Å². The minimum Gasteiger partial charge on any atom is -0.481 e. The zero-order valence-electron chi connectivity index (χ0n) is 11.7. The molecule has 0 saturated heterocycles. The van der Waals surface area contributed by atoms with Crippen LogP contribution in [-0.4, -0.2) is 16.1 Å². The number of nitrogens with zero attached hydrogens (tertiary/aromatic N) is 1. The molecule has 0 amide bonds. The quantitative estimate of drug-likeness (QED) is 0.872. The third kappa shape index (κ3) is 3.26. The van der Waals surface area contributed by atoms with Crippen molar-refractivity contribution < 1.29 is 14.3 Å². The van der Waals surface area contributed by atoms with Crippen LogP contribution < -0.4 is 0 Å². The number of rotatable bonds is 6. The van der Waals surface area contributed by atoms with Gasteiger partial charge in [-0.05, 0) is 23.8 Å². The Hall–Kier alpha value is -2.10. The van der Waals surface area contributed by atoms with Crippen molar-refractivity contribution in [2.24, 2.45) is 5.92 Å². The topological polar surface area (TPSA) is 63.3 Å². The van der Waals surface area contributed by atoms with E-state index >= 15 is 0 Å². The van der Waals surface area contributed by atoms with Gasteiger partial charge in [0.05, 0.1) is 6.20 Å². The van der Waals surface area contributed by atoms with E-state index in [0.717, 1.165) is 5.56 Å². The van der Waals surface area contributed by atoms with Crippen LogP contribution in [0.15, 0.2) is 47.2 Å². The van der Waals surface area contributed by atoms with Gasteiger partial charge in [-0.25, -0.2) is 4.98 Å². The lowest BCUT2D eigenvalue weighted by molar-refractivity contribution is -0.139. The van der Waals surface area contributed by atoms with Crippen molar-refractivity contribution in [3.05, 3.63) is 54.2 Å². The molecule has 106 valence electrons. The summed E-state index contributed by atoms with van der Waals surface area (Å²) in [6.07, 6.45) is 3.38. The standard InChI is InChI=1S/C16H19NO3/c1-11(2)13(12-6-4-3-5-7-12)10-14(16(18)19)15-17-8-9-20-15/h3-9,11,13-14H,10H2,1-2H3,(H,18,19). The summed E-state index contributed by atoms with van der Waals surface area (Å²) in [6, 6.07) is 10.00. The molecule has 2 unspecified atom stereocenters. The monoisotopic (exact) mass is 273 g/mol. The van der Waals surface area contributed by atoms with Crippen LogP contribution in [0.4, 0.5) is 0 Å². The number of benzene rings is 1. The SMILES string of the molecule is CC(C)C(CC(C(=O)O)c1ncco1)c1ccccc1. The molecule has 0 spiro atoms. The second-order valence-electron chi connectivity index (χ2n) is 5.26. The van der Waals surface area contributed by atoms with Crippen molar-refractivity contribution in [1.29, 1.82) is 0 Å². The summed E-state index contributed by atoms with van der Waals surface area (Å²) in [5.74, 6) is -0.830. The Morgan fingerprint density at radius 3 is 2.50 bits per heavy atom. The molecule has 0 saturated carbocycles. The van der Waals surface area contributed by atoms with Crippen molar-refractivity contribution in [3.63, 3.8) is 0 Å². The third-order valence-corrected chi connectivity index (χ3v) is 3.57. The summed E-state index contributed by atoms with van der Waals surface area (Å²) in [4.78, 5) is 15.5. The number of carboxylic acid groups (broad SMARTS) is 1. The average molecular weight is 273 g/mol. The van der Waals surface area contributed by atoms with Gasteiger partial charge < -0.3 is 9.52 Å². The summed E-state index contributed by atoms with van der Waals surface area (Å²) in [5.41, 5.74) is 1.15. The Morgan fingerprint density at radius 1 is 1.30 bits per heavy atom. The number of hydrogen-bond donors (Lipinski definition) is 1. The highest BCUT2D eigenvalue weighted by Gasteiger charge is 2.30. The van der Waals surface area contributed by atoms with Gasteiger partial charge in [-0.1, -0.05) is 44.2 Å². The molecule has 0 aliphatic carbocycles. The van der Waals surface area contributed by atoms with Gasteiger partial charge in [0.25, 0.3) is 0 Å². The fourth-order valence-corrected chi connectivity index (χ4v) is 2.46. The lowest BCUT2D eigenvalue weighted by Crippen LogP contribution is -2.18. The molecule has 0 radical (unpaired) electrons. The Morgan fingerprint density at radius 2 is 2.00 bits per heavy atom. The molecule has 20 heavy (non-hydrogen) atoms. The molecular formula is C16H19NO3. The first kappa shape index (κ1) is 14.3. The maximum atomic E-state index is 11.5. The van der Waals surface area contributed by atoms with E-state index in [4.69, 9.17) is 4.42 Å². The Labute approximate surface area is 118 Å². The molecule has 2 rings (SSSR count). The van der Waals surface area contributed by atoms with Crippen LogP contribution >= 0.6 is 0 Å². The predicted molar refractivity (Wildman–Crippen MR) is 75.5 cm³/mol.